The zero-order chi connectivity index (χ0) is 15.4. The lowest BCUT2D eigenvalue weighted by molar-refractivity contribution is 0.0461. The Hall–Kier alpha value is -2.60. The summed E-state index contributed by atoms with van der Waals surface area (Å²) in [6.45, 7) is 0.0765. The van der Waals surface area contributed by atoms with E-state index in [0.29, 0.717) is 5.69 Å². The van der Waals surface area contributed by atoms with E-state index in [-0.39, 0.29) is 18.1 Å². The molecule has 0 N–H and O–H groups in total. The van der Waals surface area contributed by atoms with Gasteiger partial charge in [-0.3, -0.25) is 0 Å². The van der Waals surface area contributed by atoms with Gasteiger partial charge in [0.05, 0.1) is 5.69 Å². The predicted octanol–water partition coefficient (Wildman–Crippen LogP) is 3.70. The van der Waals surface area contributed by atoms with Crippen molar-refractivity contribution in [2.45, 2.75) is 6.61 Å². The number of carbonyl (C=O) groups excluding carboxylic acids is 1. The smallest absolute Gasteiger partial charge is 0.357 e. The number of aromatic nitrogens is 2. The molecule has 6 heteroatoms. The van der Waals surface area contributed by atoms with Crippen LogP contribution in [0.3, 0.4) is 0 Å². The van der Waals surface area contributed by atoms with Gasteiger partial charge >= 0.3 is 5.97 Å². The van der Waals surface area contributed by atoms with E-state index in [2.05, 4.69) is 9.97 Å². The molecule has 0 aliphatic carbocycles. The molecule has 0 atom stereocenters. The highest BCUT2D eigenvalue weighted by Crippen LogP contribution is 2.24. The van der Waals surface area contributed by atoms with Crippen molar-refractivity contribution in [3.8, 4) is 10.6 Å². The van der Waals surface area contributed by atoms with Crippen LogP contribution in [0.2, 0.25) is 0 Å². The minimum Gasteiger partial charge on any atom is -0.454 e. The molecule has 3 aromatic rings. The Morgan fingerprint density at radius 1 is 1.18 bits per heavy atom. The van der Waals surface area contributed by atoms with Crippen LogP contribution >= 0.6 is 11.3 Å². The fraction of sp³-hybridized carbons (Fsp3) is 0.0625. The van der Waals surface area contributed by atoms with Crippen LogP contribution in [-0.2, 0) is 11.3 Å². The standard InChI is InChI=1S/C16H11FN2O2S/c17-12-6-4-11(5-7-12)15-19-13(10-22-15)9-21-16(20)14-3-1-2-8-18-14/h1-8,10H,9H2. The number of thiazole rings is 1. The predicted molar refractivity (Wildman–Crippen MR) is 80.9 cm³/mol. The second kappa shape index (κ2) is 6.44. The van der Waals surface area contributed by atoms with Gasteiger partial charge in [-0.15, -0.1) is 11.3 Å². The molecule has 4 nitrogen and oxygen atoms in total. The van der Waals surface area contributed by atoms with E-state index in [1.165, 1.54) is 29.7 Å². The lowest BCUT2D eigenvalue weighted by Gasteiger charge is -2.01. The molecule has 0 aliphatic rings. The van der Waals surface area contributed by atoms with Crippen LogP contribution < -0.4 is 0 Å². The largest absolute Gasteiger partial charge is 0.454 e. The molecular formula is C16H11FN2O2S. The maximum absolute atomic E-state index is 12.9. The van der Waals surface area contributed by atoms with Gasteiger partial charge in [-0.1, -0.05) is 6.07 Å². The summed E-state index contributed by atoms with van der Waals surface area (Å²) in [6, 6.07) is 11.1. The summed E-state index contributed by atoms with van der Waals surface area (Å²) in [5.74, 6) is -0.776. The van der Waals surface area contributed by atoms with Crippen molar-refractivity contribution in [1.82, 2.24) is 9.97 Å². The Balaban J connectivity index is 1.65. The molecule has 1 aromatic carbocycles. The first-order valence-electron chi connectivity index (χ1n) is 6.51. The molecule has 2 aromatic heterocycles. The second-order valence-corrected chi connectivity index (χ2v) is 5.30. The van der Waals surface area contributed by atoms with Crippen molar-refractivity contribution >= 4 is 17.3 Å². The molecule has 2 heterocycles. The van der Waals surface area contributed by atoms with Crippen LogP contribution in [0.1, 0.15) is 16.2 Å². The van der Waals surface area contributed by atoms with Crippen LogP contribution in [-0.4, -0.2) is 15.9 Å². The number of benzene rings is 1. The number of ether oxygens (including phenoxy) is 1. The normalized spacial score (nSPS) is 10.4. The van der Waals surface area contributed by atoms with E-state index >= 15 is 0 Å². The summed E-state index contributed by atoms with van der Waals surface area (Å²) < 4.78 is 18.1. The first-order chi connectivity index (χ1) is 10.7. The Bertz CT molecular complexity index is 772. The van der Waals surface area contributed by atoms with Crippen LogP contribution in [0.25, 0.3) is 10.6 Å². The van der Waals surface area contributed by atoms with E-state index < -0.39 is 5.97 Å². The third-order valence-corrected chi connectivity index (χ3v) is 3.81. The molecule has 3 rings (SSSR count). The molecule has 110 valence electrons. The first-order valence-corrected chi connectivity index (χ1v) is 7.39. The third kappa shape index (κ3) is 3.35. The maximum Gasteiger partial charge on any atom is 0.357 e. The van der Waals surface area contributed by atoms with Gasteiger partial charge in [0.25, 0.3) is 0 Å². The first kappa shape index (κ1) is 14.3. The van der Waals surface area contributed by atoms with Crippen LogP contribution in [0.15, 0.2) is 54.0 Å². The number of rotatable bonds is 4. The highest BCUT2D eigenvalue weighted by Gasteiger charge is 2.10. The van der Waals surface area contributed by atoms with Gasteiger partial charge in [0, 0.05) is 17.1 Å². The van der Waals surface area contributed by atoms with E-state index in [1.807, 2.05) is 5.38 Å². The molecule has 0 unspecified atom stereocenters. The third-order valence-electron chi connectivity index (χ3n) is 2.87. The topological polar surface area (TPSA) is 52.1 Å². The average molecular weight is 314 g/mol. The second-order valence-electron chi connectivity index (χ2n) is 4.44. The number of hydrogen-bond acceptors (Lipinski definition) is 5. The Labute approximate surface area is 130 Å². The molecule has 0 saturated heterocycles. The number of halogens is 1. The maximum atomic E-state index is 12.9. The fourth-order valence-corrected chi connectivity index (χ4v) is 2.61. The van der Waals surface area contributed by atoms with Gasteiger partial charge in [0.1, 0.15) is 23.1 Å². The van der Waals surface area contributed by atoms with E-state index in [0.717, 1.165) is 10.6 Å². The zero-order valence-corrected chi connectivity index (χ0v) is 12.2. The van der Waals surface area contributed by atoms with Gasteiger partial charge in [-0.05, 0) is 36.4 Å². The van der Waals surface area contributed by atoms with Crippen LogP contribution in [0.5, 0.6) is 0 Å². The van der Waals surface area contributed by atoms with Crippen molar-refractivity contribution in [2.75, 3.05) is 0 Å². The van der Waals surface area contributed by atoms with Gasteiger partial charge < -0.3 is 4.74 Å². The summed E-state index contributed by atoms with van der Waals surface area (Å²) in [4.78, 5) is 20.1. The highest BCUT2D eigenvalue weighted by molar-refractivity contribution is 7.13. The molecule has 22 heavy (non-hydrogen) atoms. The quantitative estimate of drug-likeness (QED) is 0.689. The summed E-state index contributed by atoms with van der Waals surface area (Å²) in [6.07, 6.45) is 1.53. The van der Waals surface area contributed by atoms with Crippen LogP contribution in [0, 0.1) is 5.82 Å². The molecular weight excluding hydrogens is 303 g/mol. The lowest BCUT2D eigenvalue weighted by atomic mass is 10.2. The number of esters is 1. The zero-order valence-electron chi connectivity index (χ0n) is 11.4. The molecule has 0 amide bonds. The van der Waals surface area contributed by atoms with Gasteiger partial charge in [-0.2, -0.15) is 0 Å². The Morgan fingerprint density at radius 2 is 2.00 bits per heavy atom. The van der Waals surface area contributed by atoms with Crippen molar-refractivity contribution in [1.29, 1.82) is 0 Å². The van der Waals surface area contributed by atoms with Crippen molar-refractivity contribution in [3.05, 3.63) is 71.2 Å². The summed E-state index contributed by atoms with van der Waals surface area (Å²) in [7, 11) is 0. The monoisotopic (exact) mass is 314 g/mol. The van der Waals surface area contributed by atoms with Crippen molar-refractivity contribution < 1.29 is 13.9 Å². The number of pyridine rings is 1. The molecule has 0 saturated carbocycles. The van der Waals surface area contributed by atoms with E-state index in [9.17, 15) is 9.18 Å². The number of carbonyl (C=O) groups is 1. The summed E-state index contributed by atoms with van der Waals surface area (Å²) in [5, 5.41) is 2.56. The Morgan fingerprint density at radius 3 is 2.73 bits per heavy atom. The molecule has 0 radical (unpaired) electrons. The molecule has 0 spiro atoms. The van der Waals surface area contributed by atoms with Gasteiger partial charge in [-0.25, -0.2) is 19.2 Å². The minimum atomic E-state index is -0.489. The van der Waals surface area contributed by atoms with E-state index in [1.54, 1.807) is 30.3 Å². The van der Waals surface area contributed by atoms with Crippen molar-refractivity contribution in [3.63, 3.8) is 0 Å². The number of nitrogens with zero attached hydrogens (tertiary/aromatic N) is 2. The average Bonchev–Trinajstić information content (AvgIpc) is 3.03. The van der Waals surface area contributed by atoms with Gasteiger partial charge in [0.2, 0.25) is 0 Å². The van der Waals surface area contributed by atoms with E-state index in [4.69, 9.17) is 4.74 Å². The minimum absolute atomic E-state index is 0.0765. The Kier molecular flexibility index (Phi) is 4.20. The number of hydrogen-bond donors (Lipinski definition) is 0. The molecule has 0 bridgehead atoms. The summed E-state index contributed by atoms with van der Waals surface area (Å²) in [5.41, 5.74) is 1.73. The van der Waals surface area contributed by atoms with Gasteiger partial charge in [0.15, 0.2) is 0 Å². The highest BCUT2D eigenvalue weighted by atomic mass is 32.1. The molecule has 0 fully saturated rings. The lowest BCUT2D eigenvalue weighted by Crippen LogP contribution is -2.07. The fourth-order valence-electron chi connectivity index (χ4n) is 1.80. The van der Waals surface area contributed by atoms with Crippen molar-refractivity contribution in [2.24, 2.45) is 0 Å². The SMILES string of the molecule is O=C(OCc1csc(-c2ccc(F)cc2)n1)c1ccccn1. The molecule has 0 aliphatic heterocycles. The summed E-state index contributed by atoms with van der Waals surface area (Å²) >= 11 is 1.42. The van der Waals surface area contributed by atoms with Crippen LogP contribution in [0.4, 0.5) is 4.39 Å².